The number of likely N-dealkylation sites (N-methyl/N-ethyl adjacent to an activating group) is 1. The van der Waals surface area contributed by atoms with Gasteiger partial charge in [-0.2, -0.15) is 0 Å². The molecule has 3 heterocycles. The third-order valence-electron chi connectivity index (χ3n) is 6.79. The van der Waals surface area contributed by atoms with Crippen LogP contribution in [0.5, 0.6) is 5.75 Å². The Morgan fingerprint density at radius 1 is 0.971 bits per heavy atom. The number of methoxy groups -OCH3 is 1. The molecule has 0 amide bonds. The summed E-state index contributed by atoms with van der Waals surface area (Å²) in [5.74, 6) is 1.01. The van der Waals surface area contributed by atoms with Crippen molar-refractivity contribution in [2.75, 3.05) is 45.2 Å². The largest absolute Gasteiger partial charge is 0.497 e. The van der Waals surface area contributed by atoms with Crippen LogP contribution in [0, 0.1) is 5.82 Å². The van der Waals surface area contributed by atoms with E-state index in [1.807, 2.05) is 12.1 Å². The number of piperazine rings is 1. The van der Waals surface area contributed by atoms with Crippen molar-refractivity contribution < 1.29 is 9.13 Å². The molecule has 3 aromatic carbocycles. The van der Waals surface area contributed by atoms with E-state index in [2.05, 4.69) is 51.1 Å². The highest BCUT2D eigenvalue weighted by Crippen LogP contribution is 2.34. The minimum atomic E-state index is -0.320. The molecule has 0 saturated carbocycles. The molecular formula is C27H26FN5O. The predicted octanol–water partition coefficient (Wildman–Crippen LogP) is 4.81. The molecule has 6 nitrogen and oxygen atoms in total. The van der Waals surface area contributed by atoms with E-state index in [0.717, 1.165) is 65.6 Å². The van der Waals surface area contributed by atoms with Crippen LogP contribution in [0.25, 0.3) is 22.4 Å². The predicted molar refractivity (Wildman–Crippen MR) is 134 cm³/mol. The second kappa shape index (κ2) is 8.25. The number of halogens is 1. The Balaban J connectivity index is 1.25. The zero-order valence-electron chi connectivity index (χ0n) is 19.3. The van der Waals surface area contributed by atoms with Crippen molar-refractivity contribution in [2.45, 2.75) is 6.42 Å². The van der Waals surface area contributed by atoms with Gasteiger partial charge in [0.1, 0.15) is 17.4 Å². The Morgan fingerprint density at radius 3 is 2.62 bits per heavy atom. The van der Waals surface area contributed by atoms with E-state index in [-0.39, 0.29) is 5.82 Å². The lowest BCUT2D eigenvalue weighted by Gasteiger charge is -2.34. The first-order valence-corrected chi connectivity index (χ1v) is 11.6. The fourth-order valence-corrected chi connectivity index (χ4v) is 4.76. The number of anilines is 1. The topological polar surface area (TPSA) is 56.8 Å². The molecule has 0 spiro atoms. The number of nitrogens with zero attached hydrogens (tertiary/aromatic N) is 4. The van der Waals surface area contributed by atoms with Crippen LogP contribution in [-0.4, -0.2) is 60.9 Å². The Morgan fingerprint density at radius 2 is 1.82 bits per heavy atom. The molecule has 2 aliphatic heterocycles. The van der Waals surface area contributed by atoms with E-state index in [1.54, 1.807) is 12.1 Å². The van der Waals surface area contributed by atoms with Gasteiger partial charge in [0, 0.05) is 55.5 Å². The van der Waals surface area contributed by atoms with Gasteiger partial charge in [-0.3, -0.25) is 4.99 Å². The molecule has 1 fully saturated rings. The minimum Gasteiger partial charge on any atom is -0.497 e. The van der Waals surface area contributed by atoms with E-state index in [4.69, 9.17) is 9.72 Å². The molecule has 6 rings (SSSR count). The number of nitrogens with one attached hydrogen (secondary N) is 1. The third kappa shape index (κ3) is 3.72. The van der Waals surface area contributed by atoms with Crippen LogP contribution in [-0.2, 0) is 6.42 Å². The summed E-state index contributed by atoms with van der Waals surface area (Å²) < 4.78 is 19.7. The summed E-state index contributed by atoms with van der Waals surface area (Å²) in [5.41, 5.74) is 7.40. The summed E-state index contributed by atoms with van der Waals surface area (Å²) in [4.78, 5) is 17.8. The van der Waals surface area contributed by atoms with E-state index >= 15 is 0 Å². The molecule has 172 valence electrons. The molecule has 1 N–H and O–H groups in total. The van der Waals surface area contributed by atoms with Gasteiger partial charge in [0.25, 0.3) is 0 Å². The van der Waals surface area contributed by atoms with E-state index in [1.165, 1.54) is 18.9 Å². The summed E-state index contributed by atoms with van der Waals surface area (Å²) in [5, 5.41) is 0. The smallest absolute Gasteiger partial charge is 0.138 e. The first-order chi connectivity index (χ1) is 16.6. The highest BCUT2D eigenvalue weighted by atomic mass is 19.1. The molecule has 1 aromatic heterocycles. The molecular weight excluding hydrogens is 429 g/mol. The molecule has 0 bridgehead atoms. The van der Waals surface area contributed by atoms with Crippen molar-refractivity contribution in [1.29, 1.82) is 0 Å². The Bertz CT molecular complexity index is 1420. The number of hydrogen-bond acceptors (Lipinski definition) is 5. The summed E-state index contributed by atoms with van der Waals surface area (Å²) in [6.07, 6.45) is 0.584. The van der Waals surface area contributed by atoms with Gasteiger partial charge in [-0.25, -0.2) is 9.37 Å². The summed E-state index contributed by atoms with van der Waals surface area (Å²) in [6, 6.07) is 17.4. The van der Waals surface area contributed by atoms with Gasteiger partial charge in [0.15, 0.2) is 0 Å². The van der Waals surface area contributed by atoms with Crippen molar-refractivity contribution in [2.24, 2.45) is 4.99 Å². The maximum absolute atomic E-state index is 14.6. The van der Waals surface area contributed by atoms with Gasteiger partial charge in [-0.05, 0) is 61.1 Å². The normalized spacial score (nSPS) is 16.1. The zero-order chi connectivity index (χ0) is 23.2. The lowest BCUT2D eigenvalue weighted by Crippen LogP contribution is -2.44. The van der Waals surface area contributed by atoms with Gasteiger partial charge in [0.2, 0.25) is 0 Å². The lowest BCUT2D eigenvalue weighted by molar-refractivity contribution is 0.313. The number of H-pyrrole nitrogens is 1. The first kappa shape index (κ1) is 20.9. The number of hydrogen-bond donors (Lipinski definition) is 1. The zero-order valence-corrected chi connectivity index (χ0v) is 19.3. The molecule has 0 aliphatic carbocycles. The number of aromatic amines is 1. The summed E-state index contributed by atoms with van der Waals surface area (Å²) >= 11 is 0. The van der Waals surface area contributed by atoms with Crippen molar-refractivity contribution >= 4 is 28.1 Å². The maximum atomic E-state index is 14.6. The minimum absolute atomic E-state index is 0.320. The fourth-order valence-electron chi connectivity index (χ4n) is 4.76. The highest BCUT2D eigenvalue weighted by Gasteiger charge is 2.21. The van der Waals surface area contributed by atoms with Crippen LogP contribution < -0.4 is 9.64 Å². The average Bonchev–Trinajstić information content (AvgIpc) is 3.47. The monoisotopic (exact) mass is 455 g/mol. The van der Waals surface area contributed by atoms with Gasteiger partial charge < -0.3 is 19.5 Å². The van der Waals surface area contributed by atoms with Gasteiger partial charge in [-0.15, -0.1) is 0 Å². The number of aliphatic imine (C=N–C) groups is 1. The number of benzene rings is 3. The number of aromatic nitrogens is 2. The number of rotatable bonds is 4. The molecule has 4 aromatic rings. The summed E-state index contributed by atoms with van der Waals surface area (Å²) in [7, 11) is 3.70. The molecule has 0 radical (unpaired) electrons. The quantitative estimate of drug-likeness (QED) is 0.480. The van der Waals surface area contributed by atoms with Gasteiger partial charge >= 0.3 is 0 Å². The van der Waals surface area contributed by atoms with Crippen LogP contribution in [0.1, 0.15) is 11.1 Å². The standard InChI is InChI=1S/C27H26FN5O/c1-32-9-11-33(12-10-32)19-4-8-24-26(15-19)31-27(30-24)17-3-7-23-18(13-17)14-25(29-23)21-6-5-20(34-2)16-22(21)28/h3-8,13,15-16H,9-12,14H2,1-2H3,(H,30,31). The average molecular weight is 456 g/mol. The Labute approximate surface area is 197 Å². The molecule has 1 saturated heterocycles. The number of ether oxygens (including phenoxy) is 1. The van der Waals surface area contributed by atoms with Crippen LogP contribution >= 0.6 is 0 Å². The van der Waals surface area contributed by atoms with E-state index in [9.17, 15) is 4.39 Å². The van der Waals surface area contributed by atoms with Crippen LogP contribution in [0.2, 0.25) is 0 Å². The fraction of sp³-hybridized carbons (Fsp3) is 0.259. The first-order valence-electron chi connectivity index (χ1n) is 11.6. The molecule has 2 aliphatic rings. The number of fused-ring (bicyclic) bond motifs is 2. The van der Waals surface area contributed by atoms with E-state index < -0.39 is 0 Å². The Kier molecular flexibility index (Phi) is 5.07. The van der Waals surface area contributed by atoms with Gasteiger partial charge in [-0.1, -0.05) is 0 Å². The lowest BCUT2D eigenvalue weighted by atomic mass is 10.0. The van der Waals surface area contributed by atoms with Gasteiger partial charge in [0.05, 0.1) is 29.5 Å². The second-order valence-electron chi connectivity index (χ2n) is 9.00. The maximum Gasteiger partial charge on any atom is 0.138 e. The molecule has 0 atom stereocenters. The van der Waals surface area contributed by atoms with Crippen LogP contribution in [0.15, 0.2) is 59.6 Å². The molecule has 34 heavy (non-hydrogen) atoms. The molecule has 7 heteroatoms. The second-order valence-corrected chi connectivity index (χ2v) is 9.00. The highest BCUT2D eigenvalue weighted by molar-refractivity contribution is 6.07. The van der Waals surface area contributed by atoms with Crippen LogP contribution in [0.3, 0.4) is 0 Å². The van der Waals surface area contributed by atoms with Crippen LogP contribution in [0.4, 0.5) is 15.8 Å². The van der Waals surface area contributed by atoms with E-state index in [0.29, 0.717) is 17.7 Å². The third-order valence-corrected chi connectivity index (χ3v) is 6.79. The van der Waals surface area contributed by atoms with Crippen molar-refractivity contribution in [1.82, 2.24) is 14.9 Å². The summed E-state index contributed by atoms with van der Waals surface area (Å²) in [6.45, 7) is 4.22. The Hall–Kier alpha value is -3.71. The van der Waals surface area contributed by atoms with Crippen molar-refractivity contribution in [3.63, 3.8) is 0 Å². The van der Waals surface area contributed by atoms with Crippen molar-refractivity contribution in [3.05, 3.63) is 71.5 Å². The molecule has 0 unspecified atom stereocenters. The van der Waals surface area contributed by atoms with Crippen molar-refractivity contribution in [3.8, 4) is 17.1 Å². The number of imidazole rings is 1. The SMILES string of the molecule is COc1ccc(C2=Nc3ccc(-c4nc5ccc(N6CCN(C)CC6)cc5[nH]4)cc3C2)c(F)c1.